The van der Waals surface area contributed by atoms with Crippen LogP contribution in [0.3, 0.4) is 0 Å². The lowest BCUT2D eigenvalue weighted by atomic mass is 9.92. The van der Waals surface area contributed by atoms with E-state index in [1.807, 2.05) is 6.92 Å². The number of aliphatic imine (C=N–C) groups is 1. The molecule has 0 bridgehead atoms. The number of hydrogen-bond donors (Lipinski definition) is 1. The molecule has 0 aliphatic carbocycles. The van der Waals surface area contributed by atoms with Crippen LogP contribution in [0.25, 0.3) is 0 Å². The van der Waals surface area contributed by atoms with Crippen molar-refractivity contribution in [2.75, 3.05) is 33.8 Å². The first-order valence-corrected chi connectivity index (χ1v) is 7.01. The Morgan fingerprint density at radius 1 is 1.40 bits per heavy atom. The molecule has 0 saturated carbocycles. The van der Waals surface area contributed by atoms with Crippen LogP contribution in [0.4, 0.5) is 0 Å². The van der Waals surface area contributed by atoms with Gasteiger partial charge in [0.1, 0.15) is 0 Å². The van der Waals surface area contributed by atoms with E-state index in [4.69, 9.17) is 4.74 Å². The zero-order valence-corrected chi connectivity index (χ0v) is 15.5. The number of halogens is 1. The molecule has 1 fully saturated rings. The monoisotopic (exact) mass is 397 g/mol. The second-order valence-electron chi connectivity index (χ2n) is 5.70. The molecule has 118 valence electrons. The number of carbonyl (C=O) groups is 1. The Kier molecular flexibility index (Phi) is 9.16. The number of rotatable bonds is 3. The van der Waals surface area contributed by atoms with Crippen LogP contribution in [0.15, 0.2) is 4.99 Å². The minimum atomic E-state index is -0.191. The van der Waals surface area contributed by atoms with Gasteiger partial charge < -0.3 is 15.0 Å². The van der Waals surface area contributed by atoms with Gasteiger partial charge in [-0.05, 0) is 18.3 Å². The van der Waals surface area contributed by atoms with Crippen molar-refractivity contribution in [2.45, 2.75) is 27.2 Å². The second kappa shape index (κ2) is 9.41. The van der Waals surface area contributed by atoms with Crippen molar-refractivity contribution in [1.29, 1.82) is 0 Å². The topological polar surface area (TPSA) is 53.9 Å². The van der Waals surface area contributed by atoms with Gasteiger partial charge >= 0.3 is 5.97 Å². The van der Waals surface area contributed by atoms with Gasteiger partial charge in [0.15, 0.2) is 5.96 Å². The normalized spacial score (nSPS) is 24.6. The number of likely N-dealkylation sites (tertiary alicyclic amines) is 1. The lowest BCUT2D eigenvalue weighted by Crippen LogP contribution is -2.49. The van der Waals surface area contributed by atoms with Gasteiger partial charge in [0.05, 0.1) is 13.0 Å². The molecule has 6 heteroatoms. The van der Waals surface area contributed by atoms with E-state index in [0.29, 0.717) is 18.4 Å². The number of hydrogen-bond acceptors (Lipinski definition) is 3. The van der Waals surface area contributed by atoms with Crippen molar-refractivity contribution in [2.24, 2.45) is 22.7 Å². The van der Waals surface area contributed by atoms with Gasteiger partial charge in [-0.15, -0.1) is 24.0 Å². The van der Waals surface area contributed by atoms with Gasteiger partial charge in [-0.3, -0.25) is 9.79 Å². The van der Waals surface area contributed by atoms with Gasteiger partial charge in [0.25, 0.3) is 0 Å². The van der Waals surface area contributed by atoms with Gasteiger partial charge in [0, 0.05) is 26.7 Å². The quantitative estimate of drug-likeness (QED) is 0.343. The van der Waals surface area contributed by atoms with Crippen molar-refractivity contribution < 1.29 is 9.53 Å². The van der Waals surface area contributed by atoms with Crippen LogP contribution in [0.1, 0.15) is 27.2 Å². The van der Waals surface area contributed by atoms with E-state index < -0.39 is 0 Å². The highest BCUT2D eigenvalue weighted by Crippen LogP contribution is 2.20. The third-order valence-electron chi connectivity index (χ3n) is 3.55. The highest BCUT2D eigenvalue weighted by atomic mass is 127. The molecular formula is C14H28IN3O2. The fourth-order valence-electron chi connectivity index (χ4n) is 2.70. The Labute approximate surface area is 139 Å². The molecule has 0 aromatic heterocycles. The maximum Gasteiger partial charge on any atom is 0.310 e. The number of piperidine rings is 1. The Balaban J connectivity index is 0.00000361. The van der Waals surface area contributed by atoms with E-state index >= 15 is 0 Å². The smallest absolute Gasteiger partial charge is 0.310 e. The molecule has 1 rings (SSSR count). The average Bonchev–Trinajstić information content (AvgIpc) is 2.37. The number of guanidine groups is 1. The molecule has 0 spiro atoms. The van der Waals surface area contributed by atoms with Crippen LogP contribution in [0.5, 0.6) is 0 Å². The van der Waals surface area contributed by atoms with E-state index in [2.05, 4.69) is 29.1 Å². The van der Waals surface area contributed by atoms with Crippen molar-refractivity contribution in [3.05, 3.63) is 0 Å². The highest BCUT2D eigenvalue weighted by molar-refractivity contribution is 14.0. The Morgan fingerprint density at radius 3 is 2.40 bits per heavy atom. The van der Waals surface area contributed by atoms with Crippen LogP contribution >= 0.6 is 24.0 Å². The van der Waals surface area contributed by atoms with Crippen LogP contribution in [0.2, 0.25) is 0 Å². The SMILES string of the molecule is CN=C(NCC(C)C(=O)OC)N1CC(C)CC(C)C1.I. The standard InChI is InChI=1S/C14H27N3O2.HI/c1-10-6-11(2)9-17(8-10)14(15-4)16-7-12(3)13(18)19-5;/h10-12H,6-9H2,1-5H3,(H,15,16);1H. The average molecular weight is 397 g/mol. The molecule has 1 heterocycles. The molecule has 1 N–H and O–H groups in total. The summed E-state index contributed by atoms with van der Waals surface area (Å²) >= 11 is 0. The Morgan fingerprint density at radius 2 is 1.95 bits per heavy atom. The summed E-state index contributed by atoms with van der Waals surface area (Å²) in [6.07, 6.45) is 1.27. The summed E-state index contributed by atoms with van der Waals surface area (Å²) < 4.78 is 4.73. The Bertz CT molecular complexity index is 326. The number of carbonyl (C=O) groups excluding carboxylic acids is 1. The van der Waals surface area contributed by atoms with Gasteiger partial charge in [-0.25, -0.2) is 0 Å². The lowest BCUT2D eigenvalue weighted by molar-refractivity contribution is -0.144. The first-order chi connectivity index (χ1) is 8.97. The molecule has 3 unspecified atom stereocenters. The van der Waals surface area contributed by atoms with Gasteiger partial charge in [0.2, 0.25) is 0 Å². The van der Waals surface area contributed by atoms with E-state index in [-0.39, 0.29) is 35.9 Å². The summed E-state index contributed by atoms with van der Waals surface area (Å²) in [4.78, 5) is 18.0. The first-order valence-electron chi connectivity index (χ1n) is 7.01. The van der Waals surface area contributed by atoms with Crippen molar-refractivity contribution in [1.82, 2.24) is 10.2 Å². The minimum Gasteiger partial charge on any atom is -0.469 e. The second-order valence-corrected chi connectivity index (χ2v) is 5.70. The predicted octanol–water partition coefficient (Wildman–Crippen LogP) is 1.97. The summed E-state index contributed by atoms with van der Waals surface area (Å²) in [5, 5.41) is 3.27. The van der Waals surface area contributed by atoms with E-state index in [1.54, 1.807) is 7.05 Å². The minimum absolute atomic E-state index is 0. The lowest BCUT2D eigenvalue weighted by Gasteiger charge is -2.37. The molecule has 1 saturated heterocycles. The number of ether oxygens (including phenoxy) is 1. The molecule has 0 aromatic carbocycles. The fraction of sp³-hybridized carbons (Fsp3) is 0.857. The van der Waals surface area contributed by atoms with Crippen LogP contribution in [-0.2, 0) is 9.53 Å². The van der Waals surface area contributed by atoms with Crippen molar-refractivity contribution >= 4 is 35.9 Å². The molecule has 0 radical (unpaired) electrons. The zero-order chi connectivity index (χ0) is 14.4. The summed E-state index contributed by atoms with van der Waals surface area (Å²) in [6, 6.07) is 0. The van der Waals surface area contributed by atoms with Crippen molar-refractivity contribution in [3.8, 4) is 0 Å². The maximum absolute atomic E-state index is 11.4. The molecule has 3 atom stereocenters. The third kappa shape index (κ3) is 5.85. The van der Waals surface area contributed by atoms with Gasteiger partial charge in [-0.1, -0.05) is 20.8 Å². The summed E-state index contributed by atoms with van der Waals surface area (Å²) in [6.45, 7) is 9.00. The first kappa shape index (κ1) is 19.5. The highest BCUT2D eigenvalue weighted by Gasteiger charge is 2.24. The summed E-state index contributed by atoms with van der Waals surface area (Å²) in [5.74, 6) is 1.89. The fourth-order valence-corrected chi connectivity index (χ4v) is 2.70. The third-order valence-corrected chi connectivity index (χ3v) is 3.55. The van der Waals surface area contributed by atoms with Gasteiger partial charge in [-0.2, -0.15) is 0 Å². The molecule has 1 aliphatic rings. The van der Waals surface area contributed by atoms with Crippen LogP contribution < -0.4 is 5.32 Å². The largest absolute Gasteiger partial charge is 0.469 e. The number of esters is 1. The van der Waals surface area contributed by atoms with Crippen molar-refractivity contribution in [3.63, 3.8) is 0 Å². The van der Waals surface area contributed by atoms with E-state index in [9.17, 15) is 4.79 Å². The predicted molar refractivity (Wildman–Crippen MR) is 92.5 cm³/mol. The zero-order valence-electron chi connectivity index (χ0n) is 13.2. The molecule has 20 heavy (non-hydrogen) atoms. The molecule has 0 aromatic rings. The summed E-state index contributed by atoms with van der Waals surface area (Å²) in [5.41, 5.74) is 0. The maximum atomic E-state index is 11.4. The Hall–Kier alpha value is -0.530. The number of nitrogens with zero attached hydrogens (tertiary/aromatic N) is 2. The van der Waals surface area contributed by atoms with E-state index in [0.717, 1.165) is 19.0 Å². The molecule has 1 aliphatic heterocycles. The van der Waals surface area contributed by atoms with Crippen LogP contribution in [-0.4, -0.2) is 50.6 Å². The number of methoxy groups -OCH3 is 1. The van der Waals surface area contributed by atoms with E-state index in [1.165, 1.54) is 13.5 Å². The molecule has 5 nitrogen and oxygen atoms in total. The van der Waals surface area contributed by atoms with Crippen LogP contribution in [0, 0.1) is 17.8 Å². The molecular weight excluding hydrogens is 369 g/mol. The number of nitrogens with one attached hydrogen (secondary N) is 1. The molecule has 0 amide bonds. The summed E-state index contributed by atoms with van der Waals surface area (Å²) in [7, 11) is 3.21.